The van der Waals surface area contributed by atoms with Crippen molar-refractivity contribution in [2.75, 3.05) is 7.11 Å². The molecule has 1 N–H and O–H groups in total. The van der Waals surface area contributed by atoms with Gasteiger partial charge < -0.3 is 19.2 Å². The number of carbonyl (C=O) groups is 3. The molecule has 0 radical (unpaired) electrons. The normalized spacial score (nSPS) is 10.9. The number of amides is 1. The molecule has 0 aliphatic rings. The number of hydrogen-bond acceptors (Lipinski definition) is 6. The van der Waals surface area contributed by atoms with Crippen LogP contribution in [0, 0.1) is 0 Å². The third kappa shape index (κ3) is 4.95. The van der Waals surface area contributed by atoms with E-state index in [1.807, 2.05) is 20.8 Å². The molecule has 2 rings (SSSR count). The molecule has 1 aromatic carbocycles. The Kier molecular flexibility index (Phi) is 5.82. The molecule has 26 heavy (non-hydrogen) atoms. The van der Waals surface area contributed by atoms with E-state index in [0.717, 1.165) is 0 Å². The van der Waals surface area contributed by atoms with Gasteiger partial charge in [0.05, 0.1) is 18.9 Å². The molecule has 7 heteroatoms. The molecule has 1 amide bonds. The molecule has 1 heterocycles. The van der Waals surface area contributed by atoms with E-state index < -0.39 is 11.9 Å². The zero-order valence-corrected chi connectivity index (χ0v) is 15.1. The summed E-state index contributed by atoms with van der Waals surface area (Å²) in [6.45, 7) is 5.52. The lowest BCUT2D eigenvalue weighted by Gasteiger charge is -2.20. The number of ether oxygens (including phenoxy) is 2. The summed E-state index contributed by atoms with van der Waals surface area (Å²) in [5, 5.41) is 2.84. The van der Waals surface area contributed by atoms with Crippen LogP contribution in [0.3, 0.4) is 0 Å². The fourth-order valence-electron chi connectivity index (χ4n) is 2.12. The summed E-state index contributed by atoms with van der Waals surface area (Å²) >= 11 is 0. The second-order valence-electron chi connectivity index (χ2n) is 6.62. The molecule has 138 valence electrons. The van der Waals surface area contributed by atoms with Crippen molar-refractivity contribution in [3.05, 3.63) is 59.0 Å². The molecular weight excluding hydrogens is 338 g/mol. The van der Waals surface area contributed by atoms with Gasteiger partial charge in [-0.05, 0) is 51.1 Å². The Balaban J connectivity index is 1.99. The van der Waals surface area contributed by atoms with Gasteiger partial charge >= 0.3 is 11.9 Å². The van der Waals surface area contributed by atoms with Crippen molar-refractivity contribution in [2.24, 2.45) is 0 Å². The van der Waals surface area contributed by atoms with Gasteiger partial charge in [-0.1, -0.05) is 0 Å². The quantitative estimate of drug-likeness (QED) is 0.825. The van der Waals surface area contributed by atoms with Crippen LogP contribution in [-0.2, 0) is 16.1 Å². The van der Waals surface area contributed by atoms with Crippen molar-refractivity contribution in [1.82, 2.24) is 5.32 Å². The highest BCUT2D eigenvalue weighted by molar-refractivity contribution is 5.96. The van der Waals surface area contributed by atoms with Gasteiger partial charge in [-0.25, -0.2) is 9.59 Å². The van der Waals surface area contributed by atoms with E-state index in [9.17, 15) is 14.4 Å². The predicted molar refractivity (Wildman–Crippen MR) is 92.8 cm³/mol. The second kappa shape index (κ2) is 7.86. The minimum Gasteiger partial charge on any atom is -0.463 e. The number of rotatable bonds is 5. The average Bonchev–Trinajstić information content (AvgIpc) is 3.06. The van der Waals surface area contributed by atoms with Gasteiger partial charge in [0.25, 0.3) is 5.91 Å². The number of benzene rings is 1. The summed E-state index contributed by atoms with van der Waals surface area (Å²) in [5.41, 5.74) is 0.794. The number of nitrogens with one attached hydrogen (secondary N) is 1. The van der Waals surface area contributed by atoms with Gasteiger partial charge in [0.1, 0.15) is 6.61 Å². The van der Waals surface area contributed by atoms with Crippen LogP contribution in [0.25, 0.3) is 0 Å². The van der Waals surface area contributed by atoms with Crippen LogP contribution in [-0.4, -0.2) is 30.5 Å². The summed E-state index contributed by atoms with van der Waals surface area (Å²) in [6, 6.07) is 7.65. The van der Waals surface area contributed by atoms with E-state index in [2.05, 4.69) is 10.1 Å². The highest BCUT2D eigenvalue weighted by atomic mass is 16.5. The van der Waals surface area contributed by atoms with Crippen LogP contribution in [0.1, 0.15) is 57.6 Å². The average molecular weight is 359 g/mol. The fraction of sp³-hybridized carbons (Fsp3) is 0.316. The van der Waals surface area contributed by atoms with Crippen molar-refractivity contribution in [1.29, 1.82) is 0 Å². The minimum absolute atomic E-state index is 0.00509. The molecule has 2 aromatic rings. The third-order valence-corrected chi connectivity index (χ3v) is 3.35. The monoisotopic (exact) mass is 359 g/mol. The Morgan fingerprint density at radius 2 is 1.62 bits per heavy atom. The SMILES string of the molecule is COC(=O)c1occc1COC(=O)c1ccc(C(=O)NC(C)(C)C)cc1. The Morgan fingerprint density at radius 1 is 1.00 bits per heavy atom. The lowest BCUT2D eigenvalue weighted by atomic mass is 10.1. The molecule has 0 unspecified atom stereocenters. The first kappa shape index (κ1) is 19.2. The first-order valence-corrected chi connectivity index (χ1v) is 7.95. The predicted octanol–water partition coefficient (Wildman–Crippen LogP) is 2.95. The van der Waals surface area contributed by atoms with Gasteiger partial charge in [-0.3, -0.25) is 4.79 Å². The molecule has 7 nitrogen and oxygen atoms in total. The van der Waals surface area contributed by atoms with Crippen molar-refractivity contribution in [2.45, 2.75) is 32.9 Å². The third-order valence-electron chi connectivity index (χ3n) is 3.35. The number of hydrogen-bond donors (Lipinski definition) is 1. The molecule has 0 fully saturated rings. The molecule has 0 saturated heterocycles. The maximum Gasteiger partial charge on any atom is 0.374 e. The van der Waals surface area contributed by atoms with E-state index in [-0.39, 0.29) is 23.8 Å². The molecule has 0 saturated carbocycles. The van der Waals surface area contributed by atoms with Crippen molar-refractivity contribution in [3.8, 4) is 0 Å². The summed E-state index contributed by atoms with van der Waals surface area (Å²) in [4.78, 5) is 35.7. The van der Waals surface area contributed by atoms with Gasteiger partial charge in [0, 0.05) is 16.7 Å². The highest BCUT2D eigenvalue weighted by Crippen LogP contribution is 2.15. The molecule has 1 aromatic heterocycles. The first-order chi connectivity index (χ1) is 12.2. The molecule has 0 atom stereocenters. The number of carbonyl (C=O) groups excluding carboxylic acids is 3. The van der Waals surface area contributed by atoms with Crippen LogP contribution in [0.4, 0.5) is 0 Å². The van der Waals surface area contributed by atoms with Gasteiger partial charge in [-0.15, -0.1) is 0 Å². The van der Waals surface area contributed by atoms with Crippen LogP contribution < -0.4 is 5.32 Å². The number of esters is 2. The van der Waals surface area contributed by atoms with Crippen LogP contribution >= 0.6 is 0 Å². The topological polar surface area (TPSA) is 94.8 Å². The summed E-state index contributed by atoms with van der Waals surface area (Å²) < 4.78 is 14.8. The van der Waals surface area contributed by atoms with Crippen molar-refractivity contribution in [3.63, 3.8) is 0 Å². The van der Waals surface area contributed by atoms with Crippen LogP contribution in [0.15, 0.2) is 41.0 Å². The molecule has 0 aliphatic heterocycles. The standard InChI is InChI=1S/C19H21NO6/c1-19(2,3)20-16(21)12-5-7-13(8-6-12)17(22)26-11-14-9-10-25-15(14)18(23)24-4/h5-10H,11H2,1-4H3,(H,20,21). The van der Waals surface area contributed by atoms with Gasteiger partial charge in [0.2, 0.25) is 5.76 Å². The fourth-order valence-corrected chi connectivity index (χ4v) is 2.12. The Labute approximate surface area is 151 Å². The van der Waals surface area contributed by atoms with Crippen molar-refractivity contribution < 1.29 is 28.3 Å². The maximum absolute atomic E-state index is 12.1. The van der Waals surface area contributed by atoms with Crippen LogP contribution in [0.2, 0.25) is 0 Å². The lowest BCUT2D eigenvalue weighted by molar-refractivity contribution is 0.0453. The van der Waals surface area contributed by atoms with Crippen molar-refractivity contribution >= 4 is 17.8 Å². The lowest BCUT2D eigenvalue weighted by Crippen LogP contribution is -2.40. The Hall–Kier alpha value is -3.09. The maximum atomic E-state index is 12.1. The van der Waals surface area contributed by atoms with E-state index in [4.69, 9.17) is 9.15 Å². The zero-order valence-electron chi connectivity index (χ0n) is 15.1. The Morgan fingerprint density at radius 3 is 2.19 bits per heavy atom. The molecule has 0 bridgehead atoms. The molecular formula is C19H21NO6. The second-order valence-corrected chi connectivity index (χ2v) is 6.62. The summed E-state index contributed by atoms with van der Waals surface area (Å²) in [6.07, 6.45) is 1.32. The smallest absolute Gasteiger partial charge is 0.374 e. The highest BCUT2D eigenvalue weighted by Gasteiger charge is 2.18. The molecule has 0 spiro atoms. The number of furan rings is 1. The Bertz CT molecular complexity index is 798. The summed E-state index contributed by atoms with van der Waals surface area (Å²) in [5.74, 6) is -1.45. The van der Waals surface area contributed by atoms with E-state index in [0.29, 0.717) is 16.7 Å². The zero-order chi connectivity index (χ0) is 19.3. The van der Waals surface area contributed by atoms with Crippen LogP contribution in [0.5, 0.6) is 0 Å². The molecule has 0 aliphatic carbocycles. The first-order valence-electron chi connectivity index (χ1n) is 7.95. The largest absolute Gasteiger partial charge is 0.463 e. The minimum atomic E-state index is -0.643. The van der Waals surface area contributed by atoms with Gasteiger partial charge in [0.15, 0.2) is 0 Å². The van der Waals surface area contributed by atoms with Gasteiger partial charge in [-0.2, -0.15) is 0 Å². The van der Waals surface area contributed by atoms with E-state index in [1.165, 1.54) is 31.6 Å². The number of methoxy groups -OCH3 is 1. The van der Waals surface area contributed by atoms with E-state index >= 15 is 0 Å². The summed E-state index contributed by atoms with van der Waals surface area (Å²) in [7, 11) is 1.23. The van der Waals surface area contributed by atoms with E-state index in [1.54, 1.807) is 12.1 Å².